The number of rotatable bonds is 8. The van der Waals surface area contributed by atoms with Crippen molar-refractivity contribution in [2.24, 2.45) is 0 Å². The van der Waals surface area contributed by atoms with Crippen LogP contribution >= 0.6 is 11.8 Å². The molecule has 1 aromatic heterocycles. The van der Waals surface area contributed by atoms with Gasteiger partial charge in [0.25, 0.3) is 0 Å². The largest absolute Gasteiger partial charge is 0.466 e. The van der Waals surface area contributed by atoms with Crippen LogP contribution < -0.4 is 11.5 Å². The summed E-state index contributed by atoms with van der Waals surface area (Å²) in [6, 6.07) is 0. The molecule has 4 N–H and O–H groups in total. The maximum Gasteiger partial charge on any atom is 0.306 e. The fourth-order valence-electron chi connectivity index (χ4n) is 1.28. The normalized spacial score (nSPS) is 10.4. The Kier molecular flexibility index (Phi) is 6.94. The Morgan fingerprint density at radius 1 is 1.21 bits per heavy atom. The molecular formula is C11H19N5O2S. The highest BCUT2D eigenvalue weighted by atomic mass is 32.2. The molecule has 1 rings (SSSR count). The Morgan fingerprint density at radius 3 is 2.53 bits per heavy atom. The van der Waals surface area contributed by atoms with Gasteiger partial charge in [0.1, 0.15) is 5.82 Å². The molecule has 0 radical (unpaired) electrons. The highest BCUT2D eigenvalue weighted by Crippen LogP contribution is 2.07. The van der Waals surface area contributed by atoms with E-state index < -0.39 is 0 Å². The van der Waals surface area contributed by atoms with E-state index >= 15 is 0 Å². The zero-order valence-electron chi connectivity index (χ0n) is 11.0. The van der Waals surface area contributed by atoms with Gasteiger partial charge in [0, 0.05) is 17.9 Å². The number of thioether (sulfide) groups is 1. The maximum absolute atomic E-state index is 11.2. The molecule has 0 unspecified atom stereocenters. The van der Waals surface area contributed by atoms with Gasteiger partial charge in [-0.1, -0.05) is 6.92 Å². The van der Waals surface area contributed by atoms with Gasteiger partial charge in [0.05, 0.1) is 13.0 Å². The molecule has 0 bridgehead atoms. The van der Waals surface area contributed by atoms with Crippen LogP contribution in [0.1, 0.15) is 25.6 Å². The van der Waals surface area contributed by atoms with Crippen molar-refractivity contribution in [3.05, 3.63) is 5.82 Å². The second-order valence-corrected chi connectivity index (χ2v) is 5.03. The highest BCUT2D eigenvalue weighted by Gasteiger charge is 2.04. The van der Waals surface area contributed by atoms with Crippen LogP contribution in [0.4, 0.5) is 11.9 Å². The van der Waals surface area contributed by atoms with Gasteiger partial charge in [-0.2, -0.15) is 26.7 Å². The maximum atomic E-state index is 11.2. The molecule has 0 aliphatic heterocycles. The Hall–Kier alpha value is -1.57. The van der Waals surface area contributed by atoms with Gasteiger partial charge in [-0.3, -0.25) is 4.79 Å². The molecule has 0 atom stereocenters. The number of anilines is 2. The number of hydrogen-bond donors (Lipinski definition) is 2. The molecule has 0 spiro atoms. The quantitative estimate of drug-likeness (QED) is 0.528. The van der Waals surface area contributed by atoms with Crippen LogP contribution in [0.25, 0.3) is 0 Å². The fraction of sp³-hybridized carbons (Fsp3) is 0.636. The first kappa shape index (κ1) is 15.5. The number of carbonyl (C=O) groups excluding carboxylic acids is 1. The standard InChI is InChI=1S/C11H19N5O2S/c1-2-5-18-9(17)4-7-19-6-3-8-14-10(12)16-11(13)15-8/h2-7H2,1H3,(H4,12,13,14,15,16). The van der Waals surface area contributed by atoms with Crippen LogP contribution in [0.15, 0.2) is 0 Å². The summed E-state index contributed by atoms with van der Waals surface area (Å²) in [6.45, 7) is 2.46. The minimum atomic E-state index is -0.150. The third-order valence-corrected chi connectivity index (χ3v) is 3.09. The number of nitrogens with zero attached hydrogens (tertiary/aromatic N) is 3. The van der Waals surface area contributed by atoms with Gasteiger partial charge in [0.2, 0.25) is 11.9 Å². The van der Waals surface area contributed by atoms with Crippen molar-refractivity contribution in [3.63, 3.8) is 0 Å². The van der Waals surface area contributed by atoms with E-state index in [9.17, 15) is 4.79 Å². The smallest absolute Gasteiger partial charge is 0.306 e. The molecule has 1 heterocycles. The van der Waals surface area contributed by atoms with Crippen molar-refractivity contribution >= 4 is 29.6 Å². The number of aryl methyl sites for hydroxylation is 1. The molecule has 0 aliphatic rings. The van der Waals surface area contributed by atoms with E-state index in [0.29, 0.717) is 25.3 Å². The van der Waals surface area contributed by atoms with Gasteiger partial charge >= 0.3 is 5.97 Å². The van der Waals surface area contributed by atoms with Crippen LogP contribution in [0, 0.1) is 0 Å². The van der Waals surface area contributed by atoms with Gasteiger partial charge in [-0.25, -0.2) is 0 Å². The number of hydrogen-bond acceptors (Lipinski definition) is 8. The molecule has 0 aliphatic carbocycles. The average Bonchev–Trinajstić information content (AvgIpc) is 2.34. The first-order valence-electron chi connectivity index (χ1n) is 6.11. The molecule has 0 amide bonds. The van der Waals surface area contributed by atoms with Crippen molar-refractivity contribution in [1.82, 2.24) is 15.0 Å². The van der Waals surface area contributed by atoms with Gasteiger partial charge in [-0.15, -0.1) is 0 Å². The van der Waals surface area contributed by atoms with Crippen LogP contribution in [-0.4, -0.2) is 39.0 Å². The molecular weight excluding hydrogens is 266 g/mol. The lowest BCUT2D eigenvalue weighted by atomic mass is 10.4. The summed E-state index contributed by atoms with van der Waals surface area (Å²) < 4.78 is 4.97. The minimum Gasteiger partial charge on any atom is -0.466 e. The zero-order valence-corrected chi connectivity index (χ0v) is 11.8. The van der Waals surface area contributed by atoms with Crippen LogP contribution in [0.5, 0.6) is 0 Å². The van der Waals surface area contributed by atoms with Crippen molar-refractivity contribution in [1.29, 1.82) is 0 Å². The number of ether oxygens (including phenoxy) is 1. The number of esters is 1. The predicted molar refractivity (Wildman–Crippen MR) is 75.5 cm³/mol. The Labute approximate surface area is 116 Å². The lowest BCUT2D eigenvalue weighted by Crippen LogP contribution is -2.08. The van der Waals surface area contributed by atoms with E-state index in [1.807, 2.05) is 6.92 Å². The molecule has 0 fully saturated rings. The average molecular weight is 285 g/mol. The number of nitrogen functional groups attached to an aromatic ring is 2. The number of aromatic nitrogens is 3. The monoisotopic (exact) mass is 285 g/mol. The van der Waals surface area contributed by atoms with Crippen molar-refractivity contribution < 1.29 is 9.53 Å². The topological polar surface area (TPSA) is 117 Å². The molecule has 1 aromatic rings. The molecule has 106 valence electrons. The Morgan fingerprint density at radius 2 is 1.89 bits per heavy atom. The van der Waals surface area contributed by atoms with E-state index in [4.69, 9.17) is 16.2 Å². The van der Waals surface area contributed by atoms with E-state index in [-0.39, 0.29) is 17.9 Å². The van der Waals surface area contributed by atoms with Gasteiger partial charge < -0.3 is 16.2 Å². The zero-order chi connectivity index (χ0) is 14.1. The first-order valence-corrected chi connectivity index (χ1v) is 7.26. The first-order chi connectivity index (χ1) is 9.11. The fourth-order valence-corrected chi connectivity index (χ4v) is 2.12. The van der Waals surface area contributed by atoms with E-state index in [1.165, 1.54) is 0 Å². The van der Waals surface area contributed by atoms with E-state index in [1.54, 1.807) is 11.8 Å². The van der Waals surface area contributed by atoms with E-state index in [0.717, 1.165) is 17.9 Å². The van der Waals surface area contributed by atoms with Gasteiger partial charge in [0.15, 0.2) is 0 Å². The van der Waals surface area contributed by atoms with Crippen molar-refractivity contribution in [2.75, 3.05) is 29.6 Å². The molecule has 7 nitrogen and oxygen atoms in total. The summed E-state index contributed by atoms with van der Waals surface area (Å²) in [5.74, 6) is 2.21. The van der Waals surface area contributed by atoms with Crippen LogP contribution in [0.2, 0.25) is 0 Å². The molecule has 19 heavy (non-hydrogen) atoms. The van der Waals surface area contributed by atoms with Crippen LogP contribution in [0.3, 0.4) is 0 Å². The Bertz CT molecular complexity index is 396. The third-order valence-electron chi connectivity index (χ3n) is 2.10. The van der Waals surface area contributed by atoms with Gasteiger partial charge in [-0.05, 0) is 6.42 Å². The lowest BCUT2D eigenvalue weighted by molar-refractivity contribution is -0.143. The third kappa shape index (κ3) is 6.80. The van der Waals surface area contributed by atoms with E-state index in [2.05, 4.69) is 15.0 Å². The molecule has 8 heteroatoms. The lowest BCUT2D eigenvalue weighted by Gasteiger charge is -2.03. The highest BCUT2D eigenvalue weighted by molar-refractivity contribution is 7.99. The summed E-state index contributed by atoms with van der Waals surface area (Å²) >= 11 is 1.64. The number of carbonyl (C=O) groups is 1. The SMILES string of the molecule is CCCOC(=O)CCSCCc1nc(N)nc(N)n1. The Balaban J connectivity index is 2.15. The summed E-state index contributed by atoms with van der Waals surface area (Å²) in [4.78, 5) is 22.9. The number of nitrogens with two attached hydrogens (primary N) is 2. The minimum absolute atomic E-state index is 0.135. The summed E-state index contributed by atoms with van der Waals surface area (Å²) in [5, 5.41) is 0. The summed E-state index contributed by atoms with van der Waals surface area (Å²) in [6.07, 6.45) is 1.92. The molecule has 0 saturated carbocycles. The summed E-state index contributed by atoms with van der Waals surface area (Å²) in [7, 11) is 0. The predicted octanol–water partition coefficient (Wildman–Crippen LogP) is 0.655. The van der Waals surface area contributed by atoms with Crippen LogP contribution in [-0.2, 0) is 16.0 Å². The molecule has 0 aromatic carbocycles. The second-order valence-electron chi connectivity index (χ2n) is 3.80. The molecule has 0 saturated heterocycles. The van der Waals surface area contributed by atoms with Crippen molar-refractivity contribution in [3.8, 4) is 0 Å². The summed E-state index contributed by atoms with van der Waals surface area (Å²) in [5.41, 5.74) is 10.9. The van der Waals surface area contributed by atoms with Crippen molar-refractivity contribution in [2.45, 2.75) is 26.2 Å². The second kappa shape index (κ2) is 8.52.